The third kappa shape index (κ3) is 2.94. The van der Waals surface area contributed by atoms with Gasteiger partial charge in [-0.25, -0.2) is 9.97 Å². The van der Waals surface area contributed by atoms with E-state index in [1.54, 1.807) is 23.7 Å². The molecule has 0 unspecified atom stereocenters. The first kappa shape index (κ1) is 11.9. The van der Waals surface area contributed by atoms with Gasteiger partial charge < -0.3 is 10.6 Å². The number of nitrogens with zero attached hydrogens (tertiary/aromatic N) is 3. The molecule has 2 rings (SSSR count). The van der Waals surface area contributed by atoms with Crippen LogP contribution in [-0.4, -0.2) is 16.0 Å². The Morgan fingerprint density at radius 3 is 2.59 bits per heavy atom. The van der Waals surface area contributed by atoms with Crippen LogP contribution in [-0.2, 0) is 6.54 Å². The smallest absolute Gasteiger partial charge is 0.225 e. The zero-order valence-electron chi connectivity index (χ0n) is 10.00. The van der Waals surface area contributed by atoms with Gasteiger partial charge in [-0.05, 0) is 25.3 Å². The zero-order chi connectivity index (χ0) is 12.3. The summed E-state index contributed by atoms with van der Waals surface area (Å²) in [5, 5.41) is 2.08. The predicted octanol–water partition coefficient (Wildman–Crippen LogP) is 2.54. The van der Waals surface area contributed by atoms with Crippen molar-refractivity contribution in [1.82, 2.24) is 9.97 Å². The van der Waals surface area contributed by atoms with Gasteiger partial charge in [0.1, 0.15) is 0 Å². The number of hydrogen-bond donors (Lipinski definition) is 1. The highest BCUT2D eigenvalue weighted by Gasteiger charge is 2.14. The number of thiophene rings is 1. The second-order valence-corrected chi connectivity index (χ2v) is 5.15. The lowest BCUT2D eigenvalue weighted by Crippen LogP contribution is -2.31. The van der Waals surface area contributed by atoms with Crippen LogP contribution in [0.3, 0.4) is 0 Å². The lowest BCUT2D eigenvalue weighted by molar-refractivity contribution is 0.665. The fourth-order valence-corrected chi connectivity index (χ4v) is 2.24. The molecule has 17 heavy (non-hydrogen) atoms. The number of aromatic nitrogens is 2. The van der Waals surface area contributed by atoms with E-state index in [2.05, 4.69) is 46.2 Å². The summed E-state index contributed by atoms with van der Waals surface area (Å²) in [5.41, 5.74) is 6.19. The van der Waals surface area contributed by atoms with Crippen molar-refractivity contribution in [1.29, 1.82) is 0 Å². The van der Waals surface area contributed by atoms with Crippen LogP contribution in [0.25, 0.3) is 0 Å². The van der Waals surface area contributed by atoms with Crippen LogP contribution in [0.1, 0.15) is 18.7 Å². The minimum absolute atomic E-state index is 0.348. The molecule has 4 nitrogen and oxygen atoms in total. The summed E-state index contributed by atoms with van der Waals surface area (Å²) in [4.78, 5) is 12.0. The van der Waals surface area contributed by atoms with Gasteiger partial charge in [0.15, 0.2) is 0 Å². The molecule has 0 spiro atoms. The van der Waals surface area contributed by atoms with E-state index in [4.69, 9.17) is 5.73 Å². The van der Waals surface area contributed by atoms with Crippen molar-refractivity contribution in [3.8, 4) is 0 Å². The van der Waals surface area contributed by atoms with Gasteiger partial charge in [0.2, 0.25) is 5.95 Å². The van der Waals surface area contributed by atoms with Crippen LogP contribution >= 0.6 is 11.3 Å². The van der Waals surface area contributed by atoms with Crippen molar-refractivity contribution in [3.05, 3.63) is 34.8 Å². The molecular formula is C12H16N4S. The molecule has 2 aromatic rings. The minimum Gasteiger partial charge on any atom is -0.396 e. The maximum Gasteiger partial charge on any atom is 0.225 e. The number of hydrogen-bond acceptors (Lipinski definition) is 5. The summed E-state index contributed by atoms with van der Waals surface area (Å²) in [6.07, 6.45) is 3.29. The van der Waals surface area contributed by atoms with Gasteiger partial charge >= 0.3 is 0 Å². The fraction of sp³-hybridized carbons (Fsp3) is 0.333. The minimum atomic E-state index is 0.348. The molecule has 0 aliphatic rings. The standard InChI is InChI=1S/C12H16N4S/c1-9(2)16(8-11-4-3-5-17-11)12-14-6-10(13)7-15-12/h3-7,9H,8,13H2,1-2H3. The molecule has 0 atom stereocenters. The Morgan fingerprint density at radius 1 is 1.35 bits per heavy atom. The van der Waals surface area contributed by atoms with Gasteiger partial charge in [-0.3, -0.25) is 0 Å². The molecule has 90 valence electrons. The zero-order valence-corrected chi connectivity index (χ0v) is 10.8. The maximum atomic E-state index is 5.60. The Kier molecular flexibility index (Phi) is 3.58. The number of nitrogens with two attached hydrogens (primary N) is 1. The third-order valence-corrected chi connectivity index (χ3v) is 3.31. The molecule has 0 bridgehead atoms. The van der Waals surface area contributed by atoms with Gasteiger partial charge in [-0.1, -0.05) is 6.07 Å². The largest absolute Gasteiger partial charge is 0.396 e. The Morgan fingerprint density at radius 2 is 2.06 bits per heavy atom. The highest BCUT2D eigenvalue weighted by atomic mass is 32.1. The molecule has 0 radical (unpaired) electrons. The predicted molar refractivity (Wildman–Crippen MR) is 72.1 cm³/mol. The molecule has 5 heteroatoms. The molecule has 2 N–H and O–H groups in total. The number of rotatable bonds is 4. The average Bonchev–Trinajstić information content (AvgIpc) is 2.80. The van der Waals surface area contributed by atoms with E-state index in [-0.39, 0.29) is 0 Å². The molecule has 0 aliphatic carbocycles. The van der Waals surface area contributed by atoms with Gasteiger partial charge in [0, 0.05) is 10.9 Å². The van der Waals surface area contributed by atoms with Crippen LogP contribution in [0.5, 0.6) is 0 Å². The molecule has 0 saturated heterocycles. The quantitative estimate of drug-likeness (QED) is 0.903. The summed E-state index contributed by atoms with van der Waals surface area (Å²) in [6, 6.07) is 4.53. The van der Waals surface area contributed by atoms with Crippen molar-refractivity contribution in [2.45, 2.75) is 26.4 Å². The van der Waals surface area contributed by atoms with Gasteiger partial charge in [-0.15, -0.1) is 11.3 Å². The van der Waals surface area contributed by atoms with Crippen molar-refractivity contribution in [2.75, 3.05) is 10.6 Å². The van der Waals surface area contributed by atoms with Crippen molar-refractivity contribution in [2.24, 2.45) is 0 Å². The summed E-state index contributed by atoms with van der Waals surface area (Å²) in [6.45, 7) is 5.10. The second kappa shape index (κ2) is 5.14. The van der Waals surface area contributed by atoms with Crippen LogP contribution < -0.4 is 10.6 Å². The summed E-state index contributed by atoms with van der Waals surface area (Å²) in [7, 11) is 0. The lowest BCUT2D eigenvalue weighted by atomic mass is 10.3. The first-order chi connectivity index (χ1) is 8.16. The second-order valence-electron chi connectivity index (χ2n) is 4.12. The first-order valence-corrected chi connectivity index (χ1v) is 6.41. The van der Waals surface area contributed by atoms with E-state index in [1.807, 2.05) is 0 Å². The molecule has 0 fully saturated rings. The topological polar surface area (TPSA) is 55.0 Å². The SMILES string of the molecule is CC(C)N(Cc1cccs1)c1ncc(N)cn1. The summed E-state index contributed by atoms with van der Waals surface area (Å²) in [5.74, 6) is 0.725. The number of nitrogen functional groups attached to an aromatic ring is 1. The summed E-state index contributed by atoms with van der Waals surface area (Å²) >= 11 is 1.74. The average molecular weight is 248 g/mol. The monoisotopic (exact) mass is 248 g/mol. The lowest BCUT2D eigenvalue weighted by Gasteiger charge is -2.26. The van der Waals surface area contributed by atoms with E-state index >= 15 is 0 Å². The van der Waals surface area contributed by atoms with Gasteiger partial charge in [0.05, 0.1) is 24.6 Å². The molecule has 0 saturated carbocycles. The Hall–Kier alpha value is -1.62. The van der Waals surface area contributed by atoms with Crippen molar-refractivity contribution < 1.29 is 0 Å². The highest BCUT2D eigenvalue weighted by molar-refractivity contribution is 7.09. The van der Waals surface area contributed by atoms with Crippen molar-refractivity contribution >= 4 is 23.0 Å². The molecule has 0 aliphatic heterocycles. The molecular weight excluding hydrogens is 232 g/mol. The van der Waals surface area contributed by atoms with E-state index in [0.29, 0.717) is 11.7 Å². The van der Waals surface area contributed by atoms with Crippen LogP contribution in [0.15, 0.2) is 29.9 Å². The fourth-order valence-electron chi connectivity index (χ4n) is 1.53. The third-order valence-electron chi connectivity index (χ3n) is 2.44. The summed E-state index contributed by atoms with van der Waals surface area (Å²) < 4.78 is 0. The van der Waals surface area contributed by atoms with E-state index in [1.165, 1.54) is 4.88 Å². The van der Waals surface area contributed by atoms with E-state index in [0.717, 1.165) is 12.5 Å². The normalized spacial score (nSPS) is 10.8. The highest BCUT2D eigenvalue weighted by Crippen LogP contribution is 2.18. The van der Waals surface area contributed by atoms with Gasteiger partial charge in [-0.2, -0.15) is 0 Å². The van der Waals surface area contributed by atoms with Crippen LogP contribution in [0, 0.1) is 0 Å². The molecule has 2 aromatic heterocycles. The first-order valence-electron chi connectivity index (χ1n) is 5.53. The van der Waals surface area contributed by atoms with Gasteiger partial charge in [0.25, 0.3) is 0 Å². The van der Waals surface area contributed by atoms with Crippen LogP contribution in [0.2, 0.25) is 0 Å². The Bertz CT molecular complexity index is 450. The van der Waals surface area contributed by atoms with E-state index < -0.39 is 0 Å². The molecule has 2 heterocycles. The number of anilines is 2. The molecule has 0 aromatic carbocycles. The van der Waals surface area contributed by atoms with Crippen LogP contribution in [0.4, 0.5) is 11.6 Å². The molecule has 0 amide bonds. The van der Waals surface area contributed by atoms with Crippen molar-refractivity contribution in [3.63, 3.8) is 0 Å². The maximum absolute atomic E-state index is 5.60. The Labute approximate surface area is 105 Å². The Balaban J connectivity index is 2.20. The van der Waals surface area contributed by atoms with E-state index in [9.17, 15) is 0 Å².